The number of carbonyl (C=O) groups excluding carboxylic acids is 2. The highest BCUT2D eigenvalue weighted by Crippen LogP contribution is 2.08. The fraction of sp³-hybridized carbons (Fsp3) is 0.0952. The highest BCUT2D eigenvalue weighted by Gasteiger charge is 2.03. The second-order valence-electron chi connectivity index (χ2n) is 5.88. The minimum Gasteiger partial charge on any atom is -0.355 e. The Morgan fingerprint density at radius 3 is 2.52 bits per heavy atom. The number of rotatable bonds is 6. The van der Waals surface area contributed by atoms with Crippen LogP contribution < -0.4 is 10.6 Å². The second kappa shape index (κ2) is 8.62. The molecule has 136 valence electrons. The van der Waals surface area contributed by atoms with Gasteiger partial charge in [0.25, 0.3) is 5.91 Å². The van der Waals surface area contributed by atoms with Crippen molar-refractivity contribution in [3.63, 3.8) is 0 Å². The van der Waals surface area contributed by atoms with Gasteiger partial charge in [-0.2, -0.15) is 5.10 Å². The molecule has 0 spiro atoms. The standard InChI is InChI=1S/C21H20N4O2/c1-22-21(27)18-10-7-16(8-11-18)9-12-20(26)23-13-17-14-24-25(15-17)19-5-3-2-4-6-19/h2-12,14-15H,13H2,1H3,(H,22,27)(H,23,26)/b12-9+. The Morgan fingerprint density at radius 2 is 1.81 bits per heavy atom. The van der Waals surface area contributed by atoms with E-state index in [1.165, 1.54) is 6.08 Å². The van der Waals surface area contributed by atoms with Crippen LogP contribution in [0.2, 0.25) is 0 Å². The quantitative estimate of drug-likeness (QED) is 0.664. The lowest BCUT2D eigenvalue weighted by atomic mass is 10.1. The van der Waals surface area contributed by atoms with Crippen LogP contribution in [0.25, 0.3) is 11.8 Å². The normalized spacial score (nSPS) is 10.7. The number of benzene rings is 2. The van der Waals surface area contributed by atoms with Gasteiger partial charge in [0.2, 0.25) is 5.91 Å². The van der Waals surface area contributed by atoms with Gasteiger partial charge in [-0.15, -0.1) is 0 Å². The van der Waals surface area contributed by atoms with E-state index in [0.717, 1.165) is 16.8 Å². The zero-order chi connectivity index (χ0) is 19.1. The molecule has 0 aliphatic carbocycles. The first-order valence-corrected chi connectivity index (χ1v) is 8.53. The molecule has 1 aromatic heterocycles. The van der Waals surface area contributed by atoms with E-state index in [0.29, 0.717) is 12.1 Å². The molecule has 6 nitrogen and oxygen atoms in total. The second-order valence-corrected chi connectivity index (χ2v) is 5.88. The average Bonchev–Trinajstić information content (AvgIpc) is 3.20. The predicted molar refractivity (Wildman–Crippen MR) is 104 cm³/mol. The third-order valence-corrected chi connectivity index (χ3v) is 3.95. The van der Waals surface area contributed by atoms with Crippen LogP contribution >= 0.6 is 0 Å². The van der Waals surface area contributed by atoms with Crippen molar-refractivity contribution < 1.29 is 9.59 Å². The van der Waals surface area contributed by atoms with E-state index in [4.69, 9.17) is 0 Å². The van der Waals surface area contributed by atoms with E-state index in [1.54, 1.807) is 48.3 Å². The first kappa shape index (κ1) is 18.1. The number of amides is 2. The summed E-state index contributed by atoms with van der Waals surface area (Å²) in [5.41, 5.74) is 3.30. The molecule has 1 heterocycles. The molecule has 6 heteroatoms. The number of carbonyl (C=O) groups is 2. The summed E-state index contributed by atoms with van der Waals surface area (Å²) in [5.74, 6) is -0.336. The predicted octanol–water partition coefficient (Wildman–Crippen LogP) is 2.56. The zero-order valence-electron chi connectivity index (χ0n) is 14.9. The van der Waals surface area contributed by atoms with Crippen molar-refractivity contribution in [2.24, 2.45) is 0 Å². The molecule has 0 fully saturated rings. The summed E-state index contributed by atoms with van der Waals surface area (Å²) in [4.78, 5) is 23.5. The Morgan fingerprint density at radius 1 is 1.07 bits per heavy atom. The van der Waals surface area contributed by atoms with Crippen molar-refractivity contribution in [2.75, 3.05) is 7.05 Å². The van der Waals surface area contributed by atoms with Crippen molar-refractivity contribution in [1.29, 1.82) is 0 Å². The van der Waals surface area contributed by atoms with Crippen LogP contribution in [0, 0.1) is 0 Å². The molecule has 0 bridgehead atoms. The summed E-state index contributed by atoms with van der Waals surface area (Å²) in [5, 5.41) is 9.70. The number of aromatic nitrogens is 2. The lowest BCUT2D eigenvalue weighted by Crippen LogP contribution is -2.19. The third kappa shape index (κ3) is 4.92. The van der Waals surface area contributed by atoms with Crippen molar-refractivity contribution in [2.45, 2.75) is 6.54 Å². The molecule has 0 aliphatic rings. The van der Waals surface area contributed by atoms with Crippen LogP contribution in [0.4, 0.5) is 0 Å². The van der Waals surface area contributed by atoms with Gasteiger partial charge >= 0.3 is 0 Å². The minimum absolute atomic E-state index is 0.140. The zero-order valence-corrected chi connectivity index (χ0v) is 14.9. The van der Waals surface area contributed by atoms with Gasteiger partial charge in [-0.25, -0.2) is 4.68 Å². The van der Waals surface area contributed by atoms with Crippen LogP contribution in [0.1, 0.15) is 21.5 Å². The van der Waals surface area contributed by atoms with Crippen molar-refractivity contribution in [3.8, 4) is 5.69 Å². The molecule has 2 N–H and O–H groups in total. The summed E-state index contributed by atoms with van der Waals surface area (Å²) in [6.07, 6.45) is 6.79. The van der Waals surface area contributed by atoms with E-state index >= 15 is 0 Å². The van der Waals surface area contributed by atoms with Crippen molar-refractivity contribution >= 4 is 17.9 Å². The van der Waals surface area contributed by atoms with E-state index in [1.807, 2.05) is 36.5 Å². The summed E-state index contributed by atoms with van der Waals surface area (Å²) in [6.45, 7) is 0.394. The molecule has 0 radical (unpaired) electrons. The fourth-order valence-corrected chi connectivity index (χ4v) is 2.48. The molecule has 3 aromatic rings. The van der Waals surface area contributed by atoms with Gasteiger partial charge in [-0.3, -0.25) is 9.59 Å². The minimum atomic E-state index is -0.196. The summed E-state index contributed by atoms with van der Waals surface area (Å²) < 4.78 is 1.77. The maximum atomic E-state index is 12.0. The largest absolute Gasteiger partial charge is 0.355 e. The van der Waals surface area contributed by atoms with E-state index in [-0.39, 0.29) is 11.8 Å². The Labute approximate surface area is 157 Å². The van der Waals surface area contributed by atoms with Crippen LogP contribution in [0.3, 0.4) is 0 Å². The topological polar surface area (TPSA) is 76.0 Å². The lowest BCUT2D eigenvalue weighted by molar-refractivity contribution is -0.116. The molecule has 3 rings (SSSR count). The maximum Gasteiger partial charge on any atom is 0.251 e. The van der Waals surface area contributed by atoms with Gasteiger partial charge in [0.1, 0.15) is 0 Å². The molecular weight excluding hydrogens is 340 g/mol. The van der Waals surface area contributed by atoms with Gasteiger partial charge in [0, 0.05) is 37.0 Å². The van der Waals surface area contributed by atoms with Gasteiger partial charge < -0.3 is 10.6 Å². The monoisotopic (exact) mass is 360 g/mol. The van der Waals surface area contributed by atoms with Crippen LogP contribution in [-0.4, -0.2) is 28.6 Å². The first-order chi connectivity index (χ1) is 13.2. The Hall–Kier alpha value is -3.67. The van der Waals surface area contributed by atoms with Gasteiger partial charge in [-0.1, -0.05) is 30.3 Å². The third-order valence-electron chi connectivity index (χ3n) is 3.95. The van der Waals surface area contributed by atoms with Gasteiger partial charge in [0.15, 0.2) is 0 Å². The summed E-state index contributed by atoms with van der Waals surface area (Å²) in [6, 6.07) is 16.8. The Bertz CT molecular complexity index is 944. The smallest absolute Gasteiger partial charge is 0.251 e. The van der Waals surface area contributed by atoms with E-state index < -0.39 is 0 Å². The molecule has 0 atom stereocenters. The molecule has 0 aliphatic heterocycles. The van der Waals surface area contributed by atoms with E-state index in [9.17, 15) is 9.59 Å². The van der Waals surface area contributed by atoms with Gasteiger partial charge in [0.05, 0.1) is 11.9 Å². The molecule has 0 saturated heterocycles. The van der Waals surface area contributed by atoms with Crippen LogP contribution in [-0.2, 0) is 11.3 Å². The maximum absolute atomic E-state index is 12.0. The first-order valence-electron chi connectivity index (χ1n) is 8.53. The number of nitrogens with one attached hydrogen (secondary N) is 2. The number of nitrogens with zero attached hydrogens (tertiary/aromatic N) is 2. The van der Waals surface area contributed by atoms with Crippen LogP contribution in [0.15, 0.2) is 73.1 Å². The molecule has 0 saturated carbocycles. The molecule has 2 aromatic carbocycles. The fourth-order valence-electron chi connectivity index (χ4n) is 2.48. The number of hydrogen-bond donors (Lipinski definition) is 2. The van der Waals surface area contributed by atoms with Crippen LogP contribution in [0.5, 0.6) is 0 Å². The molecule has 2 amide bonds. The van der Waals surface area contributed by atoms with E-state index in [2.05, 4.69) is 15.7 Å². The van der Waals surface area contributed by atoms with Crippen molar-refractivity contribution in [1.82, 2.24) is 20.4 Å². The SMILES string of the molecule is CNC(=O)c1ccc(/C=C/C(=O)NCc2cnn(-c3ccccc3)c2)cc1. The molecule has 0 unspecified atom stereocenters. The Balaban J connectivity index is 1.53. The number of hydrogen-bond acceptors (Lipinski definition) is 3. The summed E-state index contributed by atoms with van der Waals surface area (Å²) in [7, 11) is 1.59. The number of para-hydroxylation sites is 1. The molecule has 27 heavy (non-hydrogen) atoms. The Kier molecular flexibility index (Phi) is 5.79. The summed E-state index contributed by atoms with van der Waals surface area (Å²) >= 11 is 0. The average molecular weight is 360 g/mol. The highest BCUT2D eigenvalue weighted by molar-refractivity contribution is 5.94. The lowest BCUT2D eigenvalue weighted by Gasteiger charge is -2.01. The van der Waals surface area contributed by atoms with Crippen molar-refractivity contribution in [3.05, 3.63) is 89.8 Å². The highest BCUT2D eigenvalue weighted by atomic mass is 16.2. The molecular formula is C21H20N4O2. The van der Waals surface area contributed by atoms with Gasteiger partial charge in [-0.05, 0) is 35.9 Å².